The zero-order chi connectivity index (χ0) is 15.5. The minimum absolute atomic E-state index is 0.129. The van der Waals surface area contributed by atoms with Crippen LogP contribution in [0, 0.1) is 0 Å². The molecule has 1 aliphatic heterocycles. The summed E-state index contributed by atoms with van der Waals surface area (Å²) >= 11 is 0. The van der Waals surface area contributed by atoms with Crippen molar-refractivity contribution in [1.29, 1.82) is 0 Å². The average Bonchev–Trinajstić information content (AvgIpc) is 2.48. The van der Waals surface area contributed by atoms with Gasteiger partial charge in [0.05, 0.1) is 7.11 Å². The molecule has 0 N–H and O–H groups in total. The molecule has 0 aromatic heterocycles. The molecule has 1 unspecified atom stereocenters. The molecule has 1 aromatic carbocycles. The molecule has 0 spiro atoms. The summed E-state index contributed by atoms with van der Waals surface area (Å²) in [4.78, 5) is 14.5. The zero-order valence-electron chi connectivity index (χ0n) is 13.7. The molecule has 0 aliphatic carbocycles. The second-order valence-corrected chi connectivity index (χ2v) is 6.89. The molecule has 1 saturated heterocycles. The molecule has 1 aliphatic rings. The summed E-state index contributed by atoms with van der Waals surface area (Å²) in [6, 6.07) is 8.17. The number of hydrogen-bond acceptors (Lipinski definition) is 3. The predicted molar refractivity (Wildman–Crippen MR) is 85.3 cm³/mol. The first-order chi connectivity index (χ1) is 9.93. The van der Waals surface area contributed by atoms with Crippen LogP contribution in [0.5, 0.6) is 0 Å². The molecule has 0 bridgehead atoms. The predicted octanol–water partition coefficient (Wildman–Crippen LogP) is 3.68. The van der Waals surface area contributed by atoms with Crippen molar-refractivity contribution in [2.24, 2.45) is 0 Å². The smallest absolute Gasteiger partial charge is 0.327 e. The monoisotopic (exact) mass is 289 g/mol. The summed E-state index contributed by atoms with van der Waals surface area (Å²) < 4.78 is 5.04. The maximum Gasteiger partial charge on any atom is 0.327 e. The van der Waals surface area contributed by atoms with Gasteiger partial charge in [-0.25, -0.2) is 4.79 Å². The Morgan fingerprint density at radius 1 is 1.10 bits per heavy atom. The van der Waals surface area contributed by atoms with E-state index >= 15 is 0 Å². The molecule has 0 amide bonds. The quantitative estimate of drug-likeness (QED) is 0.795. The highest BCUT2D eigenvalue weighted by Gasteiger charge is 2.29. The first-order valence-electron chi connectivity index (χ1n) is 7.86. The van der Waals surface area contributed by atoms with E-state index in [0.29, 0.717) is 0 Å². The number of carbonyl (C=O) groups excluding carboxylic acids is 1. The number of ether oxygens (including phenoxy) is 1. The van der Waals surface area contributed by atoms with Gasteiger partial charge in [0.15, 0.2) is 0 Å². The molecule has 3 nitrogen and oxygen atoms in total. The molecule has 2 rings (SSSR count). The summed E-state index contributed by atoms with van der Waals surface area (Å²) in [6.45, 7) is 8.54. The van der Waals surface area contributed by atoms with E-state index in [-0.39, 0.29) is 17.4 Å². The van der Waals surface area contributed by atoms with Crippen molar-refractivity contribution in [1.82, 2.24) is 4.90 Å². The fraction of sp³-hybridized carbons (Fsp3) is 0.611. The number of methoxy groups -OCH3 is 1. The first-order valence-corrected chi connectivity index (χ1v) is 7.86. The van der Waals surface area contributed by atoms with Gasteiger partial charge in [-0.1, -0.05) is 51.5 Å². The van der Waals surface area contributed by atoms with Crippen LogP contribution in [-0.2, 0) is 14.9 Å². The van der Waals surface area contributed by atoms with Crippen molar-refractivity contribution in [3.05, 3.63) is 35.4 Å². The molecule has 0 radical (unpaired) electrons. The lowest BCUT2D eigenvalue weighted by Crippen LogP contribution is -2.38. The van der Waals surface area contributed by atoms with E-state index in [4.69, 9.17) is 4.74 Å². The Morgan fingerprint density at radius 3 is 2.14 bits per heavy atom. The third-order valence-corrected chi connectivity index (χ3v) is 4.27. The summed E-state index contributed by atoms with van der Waals surface area (Å²) in [5, 5.41) is 0. The fourth-order valence-corrected chi connectivity index (χ4v) is 2.95. The van der Waals surface area contributed by atoms with Gasteiger partial charge in [-0.2, -0.15) is 0 Å². The van der Waals surface area contributed by atoms with Crippen molar-refractivity contribution in [2.45, 2.75) is 51.5 Å². The van der Waals surface area contributed by atoms with Crippen LogP contribution >= 0.6 is 0 Å². The first kappa shape index (κ1) is 16.0. The second kappa shape index (κ2) is 6.61. The van der Waals surface area contributed by atoms with E-state index in [2.05, 4.69) is 49.9 Å². The summed E-state index contributed by atoms with van der Waals surface area (Å²) in [5.41, 5.74) is 2.45. The van der Waals surface area contributed by atoms with E-state index in [9.17, 15) is 4.79 Å². The van der Waals surface area contributed by atoms with Crippen LogP contribution in [0.25, 0.3) is 0 Å². The minimum atomic E-state index is -0.260. The van der Waals surface area contributed by atoms with Crippen LogP contribution in [0.3, 0.4) is 0 Å². The Bertz CT molecular complexity index is 467. The van der Waals surface area contributed by atoms with Crippen LogP contribution in [0.1, 0.15) is 57.2 Å². The van der Waals surface area contributed by atoms with Gasteiger partial charge >= 0.3 is 5.97 Å². The summed E-state index contributed by atoms with van der Waals surface area (Å²) in [5.74, 6) is -0.152. The molecule has 3 heteroatoms. The van der Waals surface area contributed by atoms with Crippen LogP contribution in [0.2, 0.25) is 0 Å². The van der Waals surface area contributed by atoms with E-state index < -0.39 is 0 Å². The van der Waals surface area contributed by atoms with E-state index in [1.54, 1.807) is 0 Å². The van der Waals surface area contributed by atoms with E-state index in [1.165, 1.54) is 19.1 Å². The summed E-state index contributed by atoms with van der Waals surface area (Å²) in [6.07, 6.45) is 3.58. The Morgan fingerprint density at radius 2 is 1.67 bits per heavy atom. The molecular formula is C18H27NO2. The molecular weight excluding hydrogens is 262 g/mol. The number of piperidine rings is 1. The van der Waals surface area contributed by atoms with Crippen molar-refractivity contribution < 1.29 is 9.53 Å². The van der Waals surface area contributed by atoms with Gasteiger partial charge in [-0.05, 0) is 42.5 Å². The van der Waals surface area contributed by atoms with Gasteiger partial charge in [-0.15, -0.1) is 0 Å². The van der Waals surface area contributed by atoms with Crippen LogP contribution in [-0.4, -0.2) is 31.1 Å². The third-order valence-electron chi connectivity index (χ3n) is 4.27. The number of rotatable bonds is 3. The number of likely N-dealkylation sites (tertiary alicyclic amines) is 1. The Balaban J connectivity index is 2.26. The van der Waals surface area contributed by atoms with Gasteiger partial charge in [-0.3, -0.25) is 4.90 Å². The largest absolute Gasteiger partial charge is 0.468 e. The van der Waals surface area contributed by atoms with Gasteiger partial charge in [0.1, 0.15) is 6.04 Å². The second-order valence-electron chi connectivity index (χ2n) is 6.89. The third kappa shape index (κ3) is 3.85. The fourth-order valence-electron chi connectivity index (χ4n) is 2.95. The van der Waals surface area contributed by atoms with Crippen molar-refractivity contribution in [3.63, 3.8) is 0 Å². The highest BCUT2D eigenvalue weighted by molar-refractivity contribution is 5.77. The lowest BCUT2D eigenvalue weighted by molar-refractivity contribution is -0.147. The number of hydrogen-bond donors (Lipinski definition) is 0. The minimum Gasteiger partial charge on any atom is -0.468 e. The van der Waals surface area contributed by atoms with Crippen LogP contribution < -0.4 is 0 Å². The lowest BCUT2D eigenvalue weighted by Gasteiger charge is -2.33. The maximum atomic E-state index is 12.2. The Hall–Kier alpha value is -1.35. The average molecular weight is 289 g/mol. The maximum absolute atomic E-state index is 12.2. The number of benzene rings is 1. The van der Waals surface area contributed by atoms with Crippen molar-refractivity contribution in [2.75, 3.05) is 20.2 Å². The van der Waals surface area contributed by atoms with E-state index in [0.717, 1.165) is 31.5 Å². The molecule has 1 fully saturated rings. The number of esters is 1. The van der Waals surface area contributed by atoms with Crippen molar-refractivity contribution in [3.8, 4) is 0 Å². The standard InChI is InChI=1S/C18H27NO2/c1-18(2,3)15-10-8-14(9-11-15)16(17(20)21-4)19-12-6-5-7-13-19/h8-11,16H,5-7,12-13H2,1-4H3. The van der Waals surface area contributed by atoms with Gasteiger partial charge < -0.3 is 4.74 Å². The van der Waals surface area contributed by atoms with Gasteiger partial charge in [0, 0.05) is 0 Å². The molecule has 1 atom stereocenters. The molecule has 1 aromatic rings. The highest BCUT2D eigenvalue weighted by atomic mass is 16.5. The number of carbonyl (C=O) groups is 1. The van der Waals surface area contributed by atoms with Crippen LogP contribution in [0.4, 0.5) is 0 Å². The zero-order valence-corrected chi connectivity index (χ0v) is 13.7. The normalized spacial score (nSPS) is 18.3. The van der Waals surface area contributed by atoms with Gasteiger partial charge in [0.2, 0.25) is 0 Å². The number of nitrogens with zero attached hydrogens (tertiary/aromatic N) is 1. The highest BCUT2D eigenvalue weighted by Crippen LogP contribution is 2.28. The summed E-state index contributed by atoms with van der Waals surface area (Å²) in [7, 11) is 1.48. The molecule has 21 heavy (non-hydrogen) atoms. The van der Waals surface area contributed by atoms with Gasteiger partial charge in [0.25, 0.3) is 0 Å². The molecule has 1 heterocycles. The SMILES string of the molecule is COC(=O)C(c1ccc(C(C)(C)C)cc1)N1CCCCC1. The van der Waals surface area contributed by atoms with Crippen LogP contribution in [0.15, 0.2) is 24.3 Å². The van der Waals surface area contributed by atoms with Crippen molar-refractivity contribution >= 4 is 5.97 Å². The lowest BCUT2D eigenvalue weighted by atomic mass is 9.86. The molecule has 0 saturated carbocycles. The molecule has 116 valence electrons. The Kier molecular flexibility index (Phi) is 5.04. The topological polar surface area (TPSA) is 29.5 Å². The van der Waals surface area contributed by atoms with E-state index in [1.807, 2.05) is 0 Å². The Labute approximate surface area is 128 Å².